The first-order chi connectivity index (χ1) is 10.0. The molecular weight excluding hydrogens is 272 g/mol. The Kier molecular flexibility index (Phi) is 4.33. The van der Waals surface area contributed by atoms with Crippen LogP contribution in [0.3, 0.4) is 0 Å². The molecule has 0 saturated carbocycles. The highest BCUT2D eigenvalue weighted by molar-refractivity contribution is 6.19. The number of esters is 1. The average molecular weight is 286 g/mol. The van der Waals surface area contributed by atoms with E-state index in [0.29, 0.717) is 11.0 Å². The summed E-state index contributed by atoms with van der Waals surface area (Å²) in [7, 11) is 0. The van der Waals surface area contributed by atoms with Crippen molar-refractivity contribution in [2.75, 3.05) is 6.61 Å². The molecule has 0 bridgehead atoms. The summed E-state index contributed by atoms with van der Waals surface area (Å²) in [5.74, 6) is -1.22. The summed E-state index contributed by atoms with van der Waals surface area (Å²) >= 11 is 0. The molecular formula is C16H14O5. The predicted octanol–water partition coefficient (Wildman–Crippen LogP) is 2.33. The van der Waals surface area contributed by atoms with Crippen molar-refractivity contribution in [1.29, 1.82) is 0 Å². The zero-order valence-electron chi connectivity index (χ0n) is 11.7. The third kappa shape index (κ3) is 3.08. The van der Waals surface area contributed by atoms with Gasteiger partial charge in [0.15, 0.2) is 11.2 Å². The Hall–Kier alpha value is -2.69. The lowest BCUT2D eigenvalue weighted by atomic mass is 10.1. The van der Waals surface area contributed by atoms with Crippen molar-refractivity contribution in [3.63, 3.8) is 0 Å². The molecule has 0 N–H and O–H groups in total. The van der Waals surface area contributed by atoms with Crippen LogP contribution in [0.2, 0.25) is 0 Å². The van der Waals surface area contributed by atoms with E-state index in [1.807, 2.05) is 0 Å². The van der Waals surface area contributed by atoms with Crippen LogP contribution in [-0.4, -0.2) is 18.4 Å². The lowest BCUT2D eigenvalue weighted by molar-refractivity contribution is -0.139. The van der Waals surface area contributed by atoms with Crippen LogP contribution in [0.5, 0.6) is 0 Å². The SMILES string of the molecule is CCOC(=O)/C(=C\c1coc2ccccc2c1=O)C(C)=O. The van der Waals surface area contributed by atoms with E-state index in [0.717, 1.165) is 0 Å². The highest BCUT2D eigenvalue weighted by Crippen LogP contribution is 2.13. The Morgan fingerprint density at radius 2 is 2.00 bits per heavy atom. The summed E-state index contributed by atoms with van der Waals surface area (Å²) in [5.41, 5.74) is 0.0893. The number of fused-ring (bicyclic) bond motifs is 1. The number of hydrogen-bond donors (Lipinski definition) is 0. The van der Waals surface area contributed by atoms with Crippen molar-refractivity contribution in [3.8, 4) is 0 Å². The number of benzene rings is 1. The minimum Gasteiger partial charge on any atom is -0.463 e. The first kappa shape index (κ1) is 14.7. The van der Waals surface area contributed by atoms with Crippen molar-refractivity contribution >= 4 is 28.8 Å². The van der Waals surface area contributed by atoms with Crippen molar-refractivity contribution in [3.05, 3.63) is 51.9 Å². The van der Waals surface area contributed by atoms with E-state index in [1.54, 1.807) is 31.2 Å². The van der Waals surface area contributed by atoms with E-state index in [9.17, 15) is 14.4 Å². The first-order valence-electron chi connectivity index (χ1n) is 6.45. The van der Waals surface area contributed by atoms with Crippen LogP contribution in [0.1, 0.15) is 19.4 Å². The Morgan fingerprint density at radius 1 is 1.29 bits per heavy atom. The first-order valence-corrected chi connectivity index (χ1v) is 6.45. The Labute approximate surface area is 120 Å². The second kappa shape index (κ2) is 6.17. The number of carbonyl (C=O) groups is 2. The number of rotatable bonds is 4. The second-order valence-corrected chi connectivity index (χ2v) is 4.35. The smallest absolute Gasteiger partial charge is 0.341 e. The monoisotopic (exact) mass is 286 g/mol. The van der Waals surface area contributed by atoms with Crippen molar-refractivity contribution < 1.29 is 18.7 Å². The molecule has 0 fully saturated rings. The molecule has 1 aromatic heterocycles. The van der Waals surface area contributed by atoms with Crippen LogP contribution >= 0.6 is 0 Å². The molecule has 0 saturated heterocycles. The van der Waals surface area contributed by atoms with Crippen LogP contribution in [-0.2, 0) is 14.3 Å². The largest absolute Gasteiger partial charge is 0.463 e. The molecule has 1 aromatic carbocycles. The maximum Gasteiger partial charge on any atom is 0.341 e. The summed E-state index contributed by atoms with van der Waals surface area (Å²) < 4.78 is 10.1. The van der Waals surface area contributed by atoms with Gasteiger partial charge in [-0.15, -0.1) is 0 Å². The maximum atomic E-state index is 12.3. The number of ketones is 1. The minimum absolute atomic E-state index is 0.131. The zero-order valence-corrected chi connectivity index (χ0v) is 11.7. The average Bonchev–Trinajstić information content (AvgIpc) is 2.46. The third-order valence-electron chi connectivity index (χ3n) is 2.88. The number of para-hydroxylation sites is 1. The summed E-state index contributed by atoms with van der Waals surface area (Å²) in [6.07, 6.45) is 2.44. The maximum absolute atomic E-state index is 12.3. The molecule has 2 rings (SSSR count). The Balaban J connectivity index is 2.57. The van der Waals surface area contributed by atoms with Crippen LogP contribution in [0.15, 0.2) is 45.3 Å². The topological polar surface area (TPSA) is 73.6 Å². The standard InChI is InChI=1S/C16H14O5/c1-3-20-16(19)13(10(2)17)8-11-9-21-14-7-5-4-6-12(14)15(11)18/h4-9H,3H2,1-2H3/b13-8-. The molecule has 0 aliphatic heterocycles. The highest BCUT2D eigenvalue weighted by atomic mass is 16.5. The van der Waals surface area contributed by atoms with Crippen LogP contribution in [0.25, 0.3) is 17.0 Å². The molecule has 21 heavy (non-hydrogen) atoms. The van der Waals surface area contributed by atoms with E-state index >= 15 is 0 Å². The fourth-order valence-corrected chi connectivity index (χ4v) is 1.86. The van der Waals surface area contributed by atoms with Gasteiger partial charge in [0.2, 0.25) is 0 Å². The lowest BCUT2D eigenvalue weighted by Gasteiger charge is -2.04. The van der Waals surface area contributed by atoms with Gasteiger partial charge < -0.3 is 9.15 Å². The van der Waals surface area contributed by atoms with Gasteiger partial charge in [-0.05, 0) is 32.1 Å². The molecule has 0 radical (unpaired) electrons. The van der Waals surface area contributed by atoms with Gasteiger partial charge >= 0.3 is 5.97 Å². The predicted molar refractivity (Wildman–Crippen MR) is 77.8 cm³/mol. The molecule has 0 amide bonds. The van der Waals surface area contributed by atoms with Gasteiger partial charge in [0.1, 0.15) is 17.4 Å². The van der Waals surface area contributed by atoms with E-state index in [2.05, 4.69) is 0 Å². The quantitative estimate of drug-likeness (QED) is 0.373. The number of carbonyl (C=O) groups excluding carboxylic acids is 2. The zero-order chi connectivity index (χ0) is 15.4. The third-order valence-corrected chi connectivity index (χ3v) is 2.88. The Bertz CT molecular complexity index is 783. The molecule has 0 unspecified atom stereocenters. The van der Waals surface area contributed by atoms with Crippen LogP contribution in [0, 0.1) is 0 Å². The highest BCUT2D eigenvalue weighted by Gasteiger charge is 2.17. The molecule has 0 atom stereocenters. The fraction of sp³-hybridized carbons (Fsp3) is 0.188. The van der Waals surface area contributed by atoms with Crippen molar-refractivity contribution in [2.24, 2.45) is 0 Å². The molecule has 0 spiro atoms. The molecule has 2 aromatic rings. The molecule has 0 aliphatic carbocycles. The van der Waals surface area contributed by atoms with Crippen LogP contribution in [0.4, 0.5) is 0 Å². The fourth-order valence-electron chi connectivity index (χ4n) is 1.86. The van der Waals surface area contributed by atoms with Gasteiger partial charge in [-0.2, -0.15) is 0 Å². The van der Waals surface area contributed by atoms with E-state index in [1.165, 1.54) is 19.3 Å². The van der Waals surface area contributed by atoms with Gasteiger partial charge in [0.25, 0.3) is 0 Å². The van der Waals surface area contributed by atoms with Gasteiger partial charge in [0, 0.05) is 0 Å². The van der Waals surface area contributed by atoms with Crippen molar-refractivity contribution in [1.82, 2.24) is 0 Å². The summed E-state index contributed by atoms with van der Waals surface area (Å²) in [6.45, 7) is 3.03. The lowest BCUT2D eigenvalue weighted by Crippen LogP contribution is -2.15. The molecule has 1 heterocycles. The normalized spacial score (nSPS) is 11.4. The van der Waals surface area contributed by atoms with E-state index in [4.69, 9.17) is 9.15 Å². The number of ether oxygens (including phenoxy) is 1. The number of Topliss-reactive ketones (excluding diaryl/α,β-unsaturated/α-hetero) is 1. The molecule has 5 nitrogen and oxygen atoms in total. The minimum atomic E-state index is -0.752. The molecule has 5 heteroatoms. The van der Waals surface area contributed by atoms with Gasteiger partial charge in [-0.1, -0.05) is 12.1 Å². The summed E-state index contributed by atoms with van der Waals surface area (Å²) in [6, 6.07) is 6.75. The van der Waals surface area contributed by atoms with E-state index in [-0.39, 0.29) is 23.2 Å². The number of hydrogen-bond acceptors (Lipinski definition) is 5. The second-order valence-electron chi connectivity index (χ2n) is 4.35. The summed E-state index contributed by atoms with van der Waals surface area (Å²) in [4.78, 5) is 35.6. The summed E-state index contributed by atoms with van der Waals surface area (Å²) in [5, 5.41) is 0.387. The van der Waals surface area contributed by atoms with Crippen LogP contribution < -0.4 is 5.43 Å². The molecule has 108 valence electrons. The molecule has 0 aliphatic rings. The Morgan fingerprint density at radius 3 is 2.67 bits per heavy atom. The van der Waals surface area contributed by atoms with E-state index < -0.39 is 11.8 Å². The van der Waals surface area contributed by atoms with Gasteiger partial charge in [0.05, 0.1) is 17.6 Å². The van der Waals surface area contributed by atoms with Gasteiger partial charge in [-0.3, -0.25) is 9.59 Å². The van der Waals surface area contributed by atoms with Crippen molar-refractivity contribution in [2.45, 2.75) is 13.8 Å². The van der Waals surface area contributed by atoms with Gasteiger partial charge in [-0.25, -0.2) is 4.79 Å².